The summed E-state index contributed by atoms with van der Waals surface area (Å²) in [6.07, 6.45) is 4.08. The first-order valence-electron chi connectivity index (χ1n) is 6.86. The molecule has 0 spiro atoms. The molecule has 17 heavy (non-hydrogen) atoms. The lowest BCUT2D eigenvalue weighted by atomic mass is 9.87. The maximum atomic E-state index is 10.6. The Kier molecular flexibility index (Phi) is 3.58. The van der Waals surface area contributed by atoms with E-state index < -0.39 is 5.60 Å². The molecule has 0 aromatic heterocycles. The Balaban J connectivity index is 2.07. The van der Waals surface area contributed by atoms with E-state index in [1.54, 1.807) is 0 Å². The van der Waals surface area contributed by atoms with Crippen LogP contribution in [0.2, 0.25) is 0 Å². The molecule has 2 rings (SSSR count). The quantitative estimate of drug-likeness (QED) is 0.816. The summed E-state index contributed by atoms with van der Waals surface area (Å²) in [6, 6.07) is 8.75. The van der Waals surface area contributed by atoms with Gasteiger partial charge in [-0.3, -0.25) is 0 Å². The highest BCUT2D eigenvalue weighted by molar-refractivity contribution is 5.26. The molecular formula is C16H24O. The molecule has 1 saturated carbocycles. The molecule has 1 aliphatic rings. The van der Waals surface area contributed by atoms with Crippen molar-refractivity contribution in [2.75, 3.05) is 0 Å². The fraction of sp³-hybridized carbons (Fsp3) is 0.625. The van der Waals surface area contributed by atoms with Gasteiger partial charge in [0.15, 0.2) is 0 Å². The van der Waals surface area contributed by atoms with Crippen molar-refractivity contribution < 1.29 is 5.11 Å². The van der Waals surface area contributed by atoms with Crippen molar-refractivity contribution in [3.63, 3.8) is 0 Å². The van der Waals surface area contributed by atoms with Gasteiger partial charge >= 0.3 is 0 Å². The number of hydrogen-bond acceptors (Lipinski definition) is 1. The van der Waals surface area contributed by atoms with Gasteiger partial charge in [0.05, 0.1) is 5.60 Å². The van der Waals surface area contributed by atoms with E-state index in [2.05, 4.69) is 45.0 Å². The molecule has 1 aromatic rings. The van der Waals surface area contributed by atoms with E-state index >= 15 is 0 Å². The fourth-order valence-corrected chi connectivity index (χ4v) is 2.55. The van der Waals surface area contributed by atoms with E-state index in [1.165, 1.54) is 24.0 Å². The maximum Gasteiger partial charge on any atom is 0.0713 e. The summed E-state index contributed by atoms with van der Waals surface area (Å²) in [5.41, 5.74) is 2.19. The summed E-state index contributed by atoms with van der Waals surface area (Å²) in [5.74, 6) is 1.12. The molecule has 1 unspecified atom stereocenters. The molecule has 0 amide bonds. The second-order valence-electron chi connectivity index (χ2n) is 5.80. The molecule has 0 bridgehead atoms. The Labute approximate surface area is 105 Å². The number of hydrogen-bond donors (Lipinski definition) is 1. The lowest BCUT2D eigenvalue weighted by Gasteiger charge is -2.27. The van der Waals surface area contributed by atoms with E-state index in [1.807, 2.05) is 0 Å². The van der Waals surface area contributed by atoms with Crippen molar-refractivity contribution in [1.29, 1.82) is 0 Å². The van der Waals surface area contributed by atoms with E-state index in [9.17, 15) is 5.11 Å². The predicted molar refractivity (Wildman–Crippen MR) is 72.2 cm³/mol. The van der Waals surface area contributed by atoms with Gasteiger partial charge in [0, 0.05) is 6.42 Å². The lowest BCUT2D eigenvalue weighted by molar-refractivity contribution is 0.0139. The molecule has 0 saturated heterocycles. The molecule has 1 heteroatoms. The van der Waals surface area contributed by atoms with Gasteiger partial charge in [0.2, 0.25) is 0 Å². The SMILES string of the molecule is CCC(O)(Cc1ccc(C(C)C)cc1)C1CC1. The topological polar surface area (TPSA) is 20.2 Å². The van der Waals surface area contributed by atoms with E-state index in [4.69, 9.17) is 0 Å². The molecule has 1 aromatic carbocycles. The van der Waals surface area contributed by atoms with Gasteiger partial charge in [-0.05, 0) is 42.2 Å². The predicted octanol–water partition coefficient (Wildman–Crippen LogP) is 3.90. The first-order chi connectivity index (χ1) is 8.05. The molecule has 1 aliphatic carbocycles. The van der Waals surface area contributed by atoms with Crippen molar-refractivity contribution in [3.05, 3.63) is 35.4 Å². The van der Waals surface area contributed by atoms with Crippen LogP contribution < -0.4 is 0 Å². The zero-order chi connectivity index (χ0) is 12.5. The van der Waals surface area contributed by atoms with Crippen LogP contribution in [-0.4, -0.2) is 10.7 Å². The van der Waals surface area contributed by atoms with E-state index in [0.29, 0.717) is 11.8 Å². The molecule has 1 nitrogen and oxygen atoms in total. The van der Waals surface area contributed by atoms with Crippen molar-refractivity contribution in [2.45, 2.75) is 58.0 Å². The van der Waals surface area contributed by atoms with E-state index in [0.717, 1.165) is 12.8 Å². The van der Waals surface area contributed by atoms with Gasteiger partial charge in [0.1, 0.15) is 0 Å². The zero-order valence-electron chi connectivity index (χ0n) is 11.2. The maximum absolute atomic E-state index is 10.6. The summed E-state index contributed by atoms with van der Waals surface area (Å²) in [5, 5.41) is 10.6. The highest BCUT2D eigenvalue weighted by Gasteiger charge is 2.42. The third-order valence-corrected chi connectivity index (χ3v) is 4.11. The van der Waals surface area contributed by atoms with Crippen LogP contribution in [0.25, 0.3) is 0 Å². The minimum atomic E-state index is -0.459. The van der Waals surface area contributed by atoms with Gasteiger partial charge in [-0.1, -0.05) is 45.0 Å². The van der Waals surface area contributed by atoms with Gasteiger partial charge in [-0.2, -0.15) is 0 Å². The summed E-state index contributed by atoms with van der Waals surface area (Å²) >= 11 is 0. The normalized spacial score (nSPS) is 19.4. The molecule has 0 aliphatic heterocycles. The molecule has 0 radical (unpaired) electrons. The first-order valence-corrected chi connectivity index (χ1v) is 6.86. The molecule has 1 atom stereocenters. The molecular weight excluding hydrogens is 208 g/mol. The highest BCUT2D eigenvalue weighted by Crippen LogP contribution is 2.43. The third-order valence-electron chi connectivity index (χ3n) is 4.11. The van der Waals surface area contributed by atoms with E-state index in [-0.39, 0.29) is 0 Å². The Hall–Kier alpha value is -0.820. The van der Waals surface area contributed by atoms with Crippen LogP contribution in [-0.2, 0) is 6.42 Å². The molecule has 1 fully saturated rings. The largest absolute Gasteiger partial charge is 0.389 e. The number of benzene rings is 1. The average molecular weight is 232 g/mol. The summed E-state index contributed by atoms with van der Waals surface area (Å²) < 4.78 is 0. The van der Waals surface area contributed by atoms with Crippen molar-refractivity contribution in [3.8, 4) is 0 Å². The second-order valence-corrected chi connectivity index (χ2v) is 5.80. The first kappa shape index (κ1) is 12.6. The van der Waals surface area contributed by atoms with Crippen LogP contribution in [0.5, 0.6) is 0 Å². The van der Waals surface area contributed by atoms with Crippen molar-refractivity contribution in [2.24, 2.45) is 5.92 Å². The molecule has 0 heterocycles. The van der Waals surface area contributed by atoms with Crippen LogP contribution in [0, 0.1) is 5.92 Å². The highest BCUT2D eigenvalue weighted by atomic mass is 16.3. The molecule has 1 N–H and O–H groups in total. The van der Waals surface area contributed by atoms with Crippen LogP contribution in [0.3, 0.4) is 0 Å². The standard InChI is InChI=1S/C16H24O/c1-4-16(17,15-9-10-15)11-13-5-7-14(8-6-13)12(2)3/h5-8,12,15,17H,4,9-11H2,1-3H3. The smallest absolute Gasteiger partial charge is 0.0713 e. The monoisotopic (exact) mass is 232 g/mol. The summed E-state index contributed by atoms with van der Waals surface area (Å²) in [6.45, 7) is 6.52. The number of rotatable bonds is 5. The van der Waals surface area contributed by atoms with Gasteiger partial charge in [-0.15, -0.1) is 0 Å². The Bertz CT molecular complexity index is 362. The van der Waals surface area contributed by atoms with Crippen LogP contribution in [0.4, 0.5) is 0 Å². The number of aliphatic hydroxyl groups is 1. The Morgan fingerprint density at radius 2 is 1.82 bits per heavy atom. The average Bonchev–Trinajstić information content (AvgIpc) is 3.13. The van der Waals surface area contributed by atoms with Gasteiger partial charge in [-0.25, -0.2) is 0 Å². The van der Waals surface area contributed by atoms with Crippen molar-refractivity contribution >= 4 is 0 Å². The van der Waals surface area contributed by atoms with Crippen LogP contribution in [0.1, 0.15) is 57.1 Å². The third kappa shape index (κ3) is 2.90. The fourth-order valence-electron chi connectivity index (χ4n) is 2.55. The van der Waals surface area contributed by atoms with Crippen LogP contribution in [0.15, 0.2) is 24.3 Å². The second kappa shape index (κ2) is 4.81. The molecule has 94 valence electrons. The Morgan fingerprint density at radius 1 is 1.24 bits per heavy atom. The Morgan fingerprint density at radius 3 is 2.24 bits per heavy atom. The van der Waals surface area contributed by atoms with Gasteiger partial charge < -0.3 is 5.11 Å². The van der Waals surface area contributed by atoms with Gasteiger partial charge in [0.25, 0.3) is 0 Å². The minimum Gasteiger partial charge on any atom is -0.389 e. The lowest BCUT2D eigenvalue weighted by Crippen LogP contribution is -2.33. The zero-order valence-corrected chi connectivity index (χ0v) is 11.2. The summed E-state index contributed by atoms with van der Waals surface area (Å²) in [4.78, 5) is 0. The van der Waals surface area contributed by atoms with Crippen molar-refractivity contribution in [1.82, 2.24) is 0 Å². The van der Waals surface area contributed by atoms with Crippen LogP contribution >= 0.6 is 0 Å². The summed E-state index contributed by atoms with van der Waals surface area (Å²) in [7, 11) is 0. The minimum absolute atomic E-state index is 0.459.